The van der Waals surface area contributed by atoms with Crippen molar-refractivity contribution in [2.24, 2.45) is 0 Å². The Morgan fingerprint density at radius 3 is 2.92 bits per heavy atom. The second-order valence-corrected chi connectivity index (χ2v) is 5.41. The predicted octanol–water partition coefficient (Wildman–Crippen LogP) is 2.54. The third kappa shape index (κ3) is 3.48. The highest BCUT2D eigenvalue weighted by Gasteiger charge is 2.13. The summed E-state index contributed by atoms with van der Waals surface area (Å²) in [5.41, 5.74) is 3.33. The maximum absolute atomic E-state index is 12.5. The third-order valence-electron chi connectivity index (χ3n) is 3.74. The first-order chi connectivity index (χ1) is 11.8. The molecule has 24 heavy (non-hydrogen) atoms. The minimum absolute atomic E-state index is 0.153. The lowest BCUT2D eigenvalue weighted by Gasteiger charge is -2.12. The Kier molecular flexibility index (Phi) is 4.96. The standard InChI is InChI=1S/C18H19N5O/c1-2-5-16-15(11-20-12-22-16)18(24)21-10-14-6-3-4-7-17(14)23-9-8-19-13-23/h3-4,6-9,11-13H,2,5,10H2,1H3,(H,21,24). The van der Waals surface area contributed by atoms with Gasteiger partial charge in [-0.05, 0) is 18.1 Å². The fraction of sp³-hybridized carbons (Fsp3) is 0.222. The summed E-state index contributed by atoms with van der Waals surface area (Å²) in [7, 11) is 0. The summed E-state index contributed by atoms with van der Waals surface area (Å²) in [6.45, 7) is 2.48. The SMILES string of the molecule is CCCc1ncncc1C(=O)NCc1ccccc1-n1ccnc1. The fourth-order valence-electron chi connectivity index (χ4n) is 2.57. The molecule has 0 aliphatic carbocycles. The van der Waals surface area contributed by atoms with Gasteiger partial charge in [-0.15, -0.1) is 0 Å². The second kappa shape index (κ2) is 7.50. The van der Waals surface area contributed by atoms with Crippen molar-refractivity contribution in [3.05, 3.63) is 72.3 Å². The topological polar surface area (TPSA) is 72.7 Å². The van der Waals surface area contributed by atoms with Crippen LogP contribution in [0.25, 0.3) is 5.69 Å². The number of carbonyl (C=O) groups excluding carboxylic acids is 1. The molecule has 2 heterocycles. The molecule has 0 aliphatic heterocycles. The first-order valence-corrected chi connectivity index (χ1v) is 7.93. The quantitative estimate of drug-likeness (QED) is 0.757. The van der Waals surface area contributed by atoms with E-state index in [1.165, 1.54) is 6.33 Å². The van der Waals surface area contributed by atoms with Gasteiger partial charge in [0.25, 0.3) is 5.91 Å². The molecule has 0 saturated heterocycles. The van der Waals surface area contributed by atoms with Gasteiger partial charge in [0.15, 0.2) is 0 Å². The molecule has 0 spiro atoms. The van der Waals surface area contributed by atoms with Crippen molar-refractivity contribution in [1.29, 1.82) is 0 Å². The van der Waals surface area contributed by atoms with Crippen LogP contribution in [0.1, 0.15) is 35.0 Å². The fourth-order valence-corrected chi connectivity index (χ4v) is 2.57. The molecule has 3 rings (SSSR count). The molecule has 0 atom stereocenters. The van der Waals surface area contributed by atoms with E-state index in [2.05, 4.69) is 27.2 Å². The van der Waals surface area contributed by atoms with Crippen molar-refractivity contribution in [3.8, 4) is 5.69 Å². The number of benzene rings is 1. The van der Waals surface area contributed by atoms with Crippen molar-refractivity contribution in [2.75, 3.05) is 0 Å². The van der Waals surface area contributed by atoms with Gasteiger partial charge in [-0.2, -0.15) is 0 Å². The van der Waals surface area contributed by atoms with Crippen LogP contribution in [-0.4, -0.2) is 25.4 Å². The molecule has 0 bridgehead atoms. The molecule has 0 unspecified atom stereocenters. The first-order valence-electron chi connectivity index (χ1n) is 7.93. The van der Waals surface area contributed by atoms with E-state index >= 15 is 0 Å². The van der Waals surface area contributed by atoms with E-state index < -0.39 is 0 Å². The number of aryl methyl sites for hydroxylation is 1. The lowest BCUT2D eigenvalue weighted by Crippen LogP contribution is -2.25. The zero-order valence-corrected chi connectivity index (χ0v) is 13.5. The van der Waals surface area contributed by atoms with Crippen LogP contribution in [0, 0.1) is 0 Å². The van der Waals surface area contributed by atoms with Crippen LogP contribution in [0.4, 0.5) is 0 Å². The molecule has 0 radical (unpaired) electrons. The number of hydrogen-bond acceptors (Lipinski definition) is 4. The van der Waals surface area contributed by atoms with E-state index in [-0.39, 0.29) is 5.91 Å². The van der Waals surface area contributed by atoms with Crippen molar-refractivity contribution < 1.29 is 4.79 Å². The van der Waals surface area contributed by atoms with Gasteiger partial charge in [0.2, 0.25) is 0 Å². The maximum atomic E-state index is 12.5. The average Bonchev–Trinajstić information content (AvgIpc) is 3.15. The van der Waals surface area contributed by atoms with Crippen LogP contribution < -0.4 is 5.32 Å². The summed E-state index contributed by atoms with van der Waals surface area (Å²) < 4.78 is 1.93. The summed E-state index contributed by atoms with van der Waals surface area (Å²) in [6.07, 6.45) is 10.1. The van der Waals surface area contributed by atoms with Crippen molar-refractivity contribution >= 4 is 5.91 Å². The Morgan fingerprint density at radius 2 is 2.12 bits per heavy atom. The summed E-state index contributed by atoms with van der Waals surface area (Å²) in [5.74, 6) is -0.153. The summed E-state index contributed by atoms with van der Waals surface area (Å²) in [5, 5.41) is 2.96. The number of para-hydroxylation sites is 1. The van der Waals surface area contributed by atoms with Gasteiger partial charge in [0, 0.05) is 25.1 Å². The molecule has 1 N–H and O–H groups in total. The zero-order chi connectivity index (χ0) is 16.8. The van der Waals surface area contributed by atoms with Crippen LogP contribution in [0.2, 0.25) is 0 Å². The molecule has 0 fully saturated rings. The van der Waals surface area contributed by atoms with Gasteiger partial charge < -0.3 is 9.88 Å². The largest absolute Gasteiger partial charge is 0.348 e. The minimum Gasteiger partial charge on any atom is -0.348 e. The number of nitrogens with one attached hydrogen (secondary N) is 1. The monoisotopic (exact) mass is 321 g/mol. The summed E-state index contributed by atoms with van der Waals surface area (Å²) in [6, 6.07) is 7.91. The maximum Gasteiger partial charge on any atom is 0.254 e. The highest BCUT2D eigenvalue weighted by molar-refractivity contribution is 5.94. The molecule has 6 nitrogen and oxygen atoms in total. The van der Waals surface area contributed by atoms with Crippen molar-refractivity contribution in [3.63, 3.8) is 0 Å². The smallest absolute Gasteiger partial charge is 0.254 e. The molecule has 3 aromatic rings. The van der Waals surface area contributed by atoms with Crippen LogP contribution in [0.5, 0.6) is 0 Å². The number of imidazole rings is 1. The van der Waals surface area contributed by atoms with Gasteiger partial charge in [-0.3, -0.25) is 4.79 Å². The molecule has 122 valence electrons. The van der Waals surface area contributed by atoms with E-state index in [9.17, 15) is 4.79 Å². The minimum atomic E-state index is -0.153. The van der Waals surface area contributed by atoms with Crippen LogP contribution >= 0.6 is 0 Å². The van der Waals surface area contributed by atoms with E-state index in [4.69, 9.17) is 0 Å². The zero-order valence-electron chi connectivity index (χ0n) is 13.5. The predicted molar refractivity (Wildman–Crippen MR) is 90.8 cm³/mol. The van der Waals surface area contributed by atoms with Crippen molar-refractivity contribution in [2.45, 2.75) is 26.3 Å². The molecular formula is C18H19N5O. The average molecular weight is 321 g/mol. The van der Waals surface area contributed by atoms with Gasteiger partial charge in [-0.25, -0.2) is 15.0 Å². The van der Waals surface area contributed by atoms with Crippen LogP contribution in [0.3, 0.4) is 0 Å². The van der Waals surface area contributed by atoms with Crippen LogP contribution in [-0.2, 0) is 13.0 Å². The Bertz CT molecular complexity index is 814. The number of aromatic nitrogens is 4. The molecular weight excluding hydrogens is 302 g/mol. The Morgan fingerprint density at radius 1 is 1.25 bits per heavy atom. The van der Waals surface area contributed by atoms with Gasteiger partial charge in [-0.1, -0.05) is 31.5 Å². The van der Waals surface area contributed by atoms with Gasteiger partial charge in [0.1, 0.15) is 6.33 Å². The first kappa shape index (κ1) is 15.9. The van der Waals surface area contributed by atoms with E-state index in [1.54, 1.807) is 18.7 Å². The molecule has 2 aromatic heterocycles. The van der Waals surface area contributed by atoms with E-state index in [0.29, 0.717) is 12.1 Å². The highest BCUT2D eigenvalue weighted by atomic mass is 16.1. The third-order valence-corrected chi connectivity index (χ3v) is 3.74. The number of amides is 1. The second-order valence-electron chi connectivity index (χ2n) is 5.41. The van der Waals surface area contributed by atoms with E-state index in [0.717, 1.165) is 29.8 Å². The van der Waals surface area contributed by atoms with Gasteiger partial charge in [0.05, 0.1) is 23.3 Å². The van der Waals surface area contributed by atoms with Gasteiger partial charge >= 0.3 is 0 Å². The Hall–Kier alpha value is -3.02. The summed E-state index contributed by atoms with van der Waals surface area (Å²) in [4.78, 5) is 24.8. The number of carbonyl (C=O) groups is 1. The Balaban J connectivity index is 1.76. The highest BCUT2D eigenvalue weighted by Crippen LogP contribution is 2.14. The van der Waals surface area contributed by atoms with E-state index in [1.807, 2.05) is 35.0 Å². The van der Waals surface area contributed by atoms with Crippen LogP contribution in [0.15, 0.2) is 55.5 Å². The number of nitrogens with zero attached hydrogens (tertiary/aromatic N) is 4. The van der Waals surface area contributed by atoms with Crippen molar-refractivity contribution in [1.82, 2.24) is 24.8 Å². The lowest BCUT2D eigenvalue weighted by atomic mass is 10.1. The molecule has 0 saturated carbocycles. The number of rotatable bonds is 6. The normalized spacial score (nSPS) is 10.5. The summed E-state index contributed by atoms with van der Waals surface area (Å²) >= 11 is 0. The molecule has 1 aromatic carbocycles. The Labute approximate surface area is 140 Å². The number of hydrogen-bond donors (Lipinski definition) is 1. The lowest BCUT2D eigenvalue weighted by molar-refractivity contribution is 0.0949. The molecule has 6 heteroatoms. The molecule has 1 amide bonds. The molecule has 0 aliphatic rings.